The first kappa shape index (κ1) is 30.1. The predicted octanol–water partition coefficient (Wildman–Crippen LogP) is 8.29. The van der Waals surface area contributed by atoms with Crippen molar-refractivity contribution < 1.29 is 9.16 Å². The molecule has 0 aromatic rings. The molecule has 0 N–H and O–H groups in total. The van der Waals surface area contributed by atoms with Gasteiger partial charge in [0, 0.05) is 7.11 Å². The summed E-state index contributed by atoms with van der Waals surface area (Å²) >= 11 is 0. The predicted molar refractivity (Wildman–Crippen MR) is 139 cm³/mol. The molecule has 0 bridgehead atoms. The van der Waals surface area contributed by atoms with Crippen LogP contribution < -0.4 is 0 Å². The van der Waals surface area contributed by atoms with E-state index >= 15 is 0 Å². The Bertz CT molecular complexity index is 319. The SMILES string of the molecule is CCCCCCCCC(OC)C(CCCCCCCC)(CCCCCCCC)O[SiH3]. The Morgan fingerprint density at radius 3 is 1.30 bits per heavy atom. The van der Waals surface area contributed by atoms with Crippen LogP contribution in [0.5, 0.6) is 0 Å². The molecule has 0 saturated heterocycles. The van der Waals surface area contributed by atoms with E-state index in [1.807, 2.05) is 7.11 Å². The van der Waals surface area contributed by atoms with Crippen molar-refractivity contribution in [1.29, 1.82) is 0 Å². The second-order valence-corrected chi connectivity index (χ2v) is 9.99. The van der Waals surface area contributed by atoms with Crippen molar-refractivity contribution in [3.8, 4) is 0 Å². The van der Waals surface area contributed by atoms with Crippen LogP contribution in [0.2, 0.25) is 0 Å². The van der Waals surface area contributed by atoms with Gasteiger partial charge < -0.3 is 9.16 Å². The molecule has 0 spiro atoms. The molecule has 0 heterocycles. The highest BCUT2D eigenvalue weighted by atomic mass is 28.2. The van der Waals surface area contributed by atoms with Crippen LogP contribution in [-0.2, 0) is 9.16 Å². The van der Waals surface area contributed by atoms with Crippen LogP contribution in [-0.4, -0.2) is 29.3 Å². The number of methoxy groups -OCH3 is 1. The third kappa shape index (κ3) is 15.0. The molecular formula is C27H58O2Si. The third-order valence-electron chi connectivity index (χ3n) is 7.00. The summed E-state index contributed by atoms with van der Waals surface area (Å²) in [6, 6.07) is 0. The van der Waals surface area contributed by atoms with Crippen molar-refractivity contribution in [3.63, 3.8) is 0 Å². The molecule has 0 aromatic carbocycles. The lowest BCUT2D eigenvalue weighted by Gasteiger charge is -2.40. The standard InChI is InChI=1S/C27H58O2Si/c1-5-8-11-14-17-20-23-26(28-4)27(29-30,24-21-18-15-12-9-6-2)25-22-19-16-13-10-7-3/h26H,5-25H2,1-4,30H3. The Labute approximate surface area is 194 Å². The highest BCUT2D eigenvalue weighted by Crippen LogP contribution is 2.34. The molecule has 3 heteroatoms. The summed E-state index contributed by atoms with van der Waals surface area (Å²) in [6.07, 6.45) is 28.3. The second-order valence-electron chi connectivity index (χ2n) is 9.59. The summed E-state index contributed by atoms with van der Waals surface area (Å²) in [7, 11) is 2.75. The van der Waals surface area contributed by atoms with Crippen molar-refractivity contribution >= 4 is 10.5 Å². The zero-order valence-corrected chi connectivity index (χ0v) is 23.7. The average Bonchev–Trinajstić information content (AvgIpc) is 2.77. The minimum absolute atomic E-state index is 0.0140. The molecule has 0 aromatic heterocycles. The Morgan fingerprint density at radius 1 is 0.567 bits per heavy atom. The molecule has 30 heavy (non-hydrogen) atoms. The van der Waals surface area contributed by atoms with Gasteiger partial charge in [0.05, 0.1) is 11.7 Å². The normalized spacial score (nSPS) is 13.2. The fraction of sp³-hybridized carbons (Fsp3) is 1.00. The van der Waals surface area contributed by atoms with Crippen molar-refractivity contribution in [3.05, 3.63) is 0 Å². The molecule has 0 rings (SSSR count). The third-order valence-corrected chi connectivity index (χ3v) is 7.82. The van der Waals surface area contributed by atoms with Gasteiger partial charge in [-0.2, -0.15) is 0 Å². The zero-order chi connectivity index (χ0) is 22.3. The van der Waals surface area contributed by atoms with E-state index < -0.39 is 0 Å². The maximum absolute atomic E-state index is 6.46. The second kappa shape index (κ2) is 22.3. The highest BCUT2D eigenvalue weighted by molar-refractivity contribution is 5.98. The summed E-state index contributed by atoms with van der Waals surface area (Å²) < 4.78 is 12.6. The van der Waals surface area contributed by atoms with Gasteiger partial charge in [0.15, 0.2) is 0 Å². The Morgan fingerprint density at radius 2 is 0.933 bits per heavy atom. The first-order valence-electron chi connectivity index (χ1n) is 13.8. The maximum Gasteiger partial charge on any atom is 0.146 e. The van der Waals surface area contributed by atoms with E-state index in [1.165, 1.54) is 135 Å². The van der Waals surface area contributed by atoms with E-state index in [0.717, 1.165) is 10.5 Å². The Balaban J connectivity index is 4.65. The molecule has 2 nitrogen and oxygen atoms in total. The van der Waals surface area contributed by atoms with Gasteiger partial charge in [0.1, 0.15) is 10.5 Å². The lowest BCUT2D eigenvalue weighted by atomic mass is 9.82. The van der Waals surface area contributed by atoms with E-state index in [2.05, 4.69) is 20.8 Å². The van der Waals surface area contributed by atoms with Gasteiger partial charge in [-0.3, -0.25) is 0 Å². The van der Waals surface area contributed by atoms with Gasteiger partial charge in [-0.05, 0) is 19.3 Å². The van der Waals surface area contributed by atoms with E-state index in [4.69, 9.17) is 9.16 Å². The van der Waals surface area contributed by atoms with Crippen molar-refractivity contribution in [1.82, 2.24) is 0 Å². The fourth-order valence-electron chi connectivity index (χ4n) is 4.90. The lowest BCUT2D eigenvalue weighted by Crippen LogP contribution is -2.46. The molecule has 0 radical (unpaired) electrons. The van der Waals surface area contributed by atoms with Gasteiger partial charge in [0.25, 0.3) is 0 Å². The molecule has 0 aliphatic heterocycles. The number of unbranched alkanes of at least 4 members (excludes halogenated alkanes) is 15. The number of hydrogen-bond acceptors (Lipinski definition) is 2. The average molecular weight is 443 g/mol. The summed E-state index contributed by atoms with van der Waals surface area (Å²) in [5, 5.41) is 0. The van der Waals surface area contributed by atoms with Gasteiger partial charge in [-0.15, -0.1) is 0 Å². The monoisotopic (exact) mass is 442 g/mol. The zero-order valence-electron chi connectivity index (χ0n) is 21.7. The number of rotatable bonds is 24. The van der Waals surface area contributed by atoms with Crippen LogP contribution in [0, 0.1) is 0 Å². The number of hydrogen-bond donors (Lipinski definition) is 0. The molecule has 1 atom stereocenters. The first-order valence-corrected chi connectivity index (χ1v) is 14.6. The van der Waals surface area contributed by atoms with Crippen LogP contribution in [0.3, 0.4) is 0 Å². The van der Waals surface area contributed by atoms with Crippen molar-refractivity contribution in [2.75, 3.05) is 7.11 Å². The minimum Gasteiger partial charge on any atom is -0.420 e. The molecule has 0 amide bonds. The molecule has 0 fully saturated rings. The number of ether oxygens (including phenoxy) is 1. The summed E-state index contributed by atoms with van der Waals surface area (Å²) in [6.45, 7) is 6.89. The molecule has 0 aliphatic carbocycles. The van der Waals surface area contributed by atoms with Crippen LogP contribution in [0.1, 0.15) is 156 Å². The quantitative estimate of drug-likeness (QED) is 0.110. The Kier molecular flexibility index (Phi) is 22.4. The van der Waals surface area contributed by atoms with Crippen molar-refractivity contribution in [2.24, 2.45) is 0 Å². The Hall–Kier alpha value is 0.137. The van der Waals surface area contributed by atoms with Gasteiger partial charge in [0.2, 0.25) is 0 Å². The van der Waals surface area contributed by atoms with Crippen LogP contribution >= 0.6 is 0 Å². The summed E-state index contributed by atoms with van der Waals surface area (Å²) in [5.41, 5.74) is -0.0140. The van der Waals surface area contributed by atoms with Gasteiger partial charge >= 0.3 is 0 Å². The molecule has 1 unspecified atom stereocenters. The molecule has 182 valence electrons. The molecule has 0 aliphatic rings. The largest absolute Gasteiger partial charge is 0.420 e. The van der Waals surface area contributed by atoms with E-state index in [-0.39, 0.29) is 11.7 Å². The van der Waals surface area contributed by atoms with E-state index in [1.54, 1.807) is 0 Å². The van der Waals surface area contributed by atoms with E-state index in [9.17, 15) is 0 Å². The lowest BCUT2D eigenvalue weighted by molar-refractivity contribution is -0.0887. The van der Waals surface area contributed by atoms with Gasteiger partial charge in [-0.1, -0.05) is 136 Å². The minimum atomic E-state index is -0.0140. The summed E-state index contributed by atoms with van der Waals surface area (Å²) in [5.74, 6) is 0. The summed E-state index contributed by atoms with van der Waals surface area (Å²) in [4.78, 5) is 0. The van der Waals surface area contributed by atoms with Crippen LogP contribution in [0.4, 0.5) is 0 Å². The van der Waals surface area contributed by atoms with Crippen LogP contribution in [0.15, 0.2) is 0 Å². The van der Waals surface area contributed by atoms with Crippen LogP contribution in [0.25, 0.3) is 0 Å². The van der Waals surface area contributed by atoms with Crippen molar-refractivity contribution in [2.45, 2.75) is 167 Å². The maximum atomic E-state index is 6.46. The molecular weight excluding hydrogens is 384 g/mol. The van der Waals surface area contributed by atoms with E-state index in [0.29, 0.717) is 0 Å². The topological polar surface area (TPSA) is 18.5 Å². The highest BCUT2D eigenvalue weighted by Gasteiger charge is 2.37. The smallest absolute Gasteiger partial charge is 0.146 e. The molecule has 0 saturated carbocycles. The van der Waals surface area contributed by atoms with Gasteiger partial charge in [-0.25, -0.2) is 0 Å². The fourth-order valence-corrected chi connectivity index (χ4v) is 5.57. The first-order chi connectivity index (χ1) is 14.7.